The summed E-state index contributed by atoms with van der Waals surface area (Å²) in [6, 6.07) is -0.164. The molecule has 1 heterocycles. The van der Waals surface area contributed by atoms with Crippen LogP contribution in [0.25, 0.3) is 0 Å². The van der Waals surface area contributed by atoms with E-state index in [-0.39, 0.29) is 6.04 Å². The summed E-state index contributed by atoms with van der Waals surface area (Å²) in [4.78, 5) is 21.9. The van der Waals surface area contributed by atoms with E-state index in [4.69, 9.17) is 6.58 Å². The molecule has 49 heavy (non-hydrogen) atoms. The lowest BCUT2D eigenvalue weighted by atomic mass is 10.1. The number of nitrogens with zero attached hydrogens (tertiary/aromatic N) is 3. The molecule has 290 valence electrons. The van der Waals surface area contributed by atoms with Crippen molar-refractivity contribution in [3.8, 4) is 0 Å². The van der Waals surface area contributed by atoms with Gasteiger partial charge in [-0.1, -0.05) is 163 Å². The van der Waals surface area contributed by atoms with Crippen LogP contribution >= 0.6 is 0 Å². The summed E-state index contributed by atoms with van der Waals surface area (Å²) in [6.45, 7) is 22.4. The van der Waals surface area contributed by atoms with Gasteiger partial charge in [-0.2, -0.15) is 0 Å². The molecule has 1 unspecified atom stereocenters. The minimum atomic E-state index is -0.164. The van der Waals surface area contributed by atoms with Gasteiger partial charge >= 0.3 is 0 Å². The third-order valence-electron chi connectivity index (χ3n) is 10.9. The Morgan fingerprint density at radius 2 is 0.918 bits per heavy atom. The molecular formula is C44H88N4O. The Morgan fingerprint density at radius 3 is 1.33 bits per heavy atom. The number of rotatable bonds is 37. The van der Waals surface area contributed by atoms with Crippen molar-refractivity contribution in [2.75, 3.05) is 52.4 Å². The van der Waals surface area contributed by atoms with Gasteiger partial charge in [-0.3, -0.25) is 4.79 Å². The maximum absolute atomic E-state index is 14.5. The summed E-state index contributed by atoms with van der Waals surface area (Å²) in [5, 5.41) is 3.82. The van der Waals surface area contributed by atoms with Crippen molar-refractivity contribution in [1.82, 2.24) is 20.0 Å². The van der Waals surface area contributed by atoms with Crippen LogP contribution < -0.4 is 5.32 Å². The minimum absolute atomic E-state index is 0.164. The molecule has 5 heteroatoms. The third-order valence-corrected chi connectivity index (χ3v) is 10.9. The van der Waals surface area contributed by atoms with E-state index in [0.717, 1.165) is 65.0 Å². The summed E-state index contributed by atoms with van der Waals surface area (Å²) >= 11 is 0. The van der Waals surface area contributed by atoms with Gasteiger partial charge in [0, 0.05) is 38.3 Å². The number of unbranched alkanes of at least 4 members (excludes halogenated alkanes) is 20. The van der Waals surface area contributed by atoms with E-state index in [0.29, 0.717) is 5.91 Å². The van der Waals surface area contributed by atoms with Crippen LogP contribution in [0.5, 0.6) is 0 Å². The highest BCUT2D eigenvalue weighted by Gasteiger charge is 2.26. The van der Waals surface area contributed by atoms with Crippen molar-refractivity contribution in [2.24, 2.45) is 0 Å². The predicted octanol–water partition coefficient (Wildman–Crippen LogP) is 11.9. The van der Waals surface area contributed by atoms with E-state index in [1.807, 2.05) is 0 Å². The Morgan fingerprint density at radius 1 is 0.551 bits per heavy atom. The van der Waals surface area contributed by atoms with Gasteiger partial charge in [-0.05, 0) is 71.1 Å². The summed E-state index contributed by atoms with van der Waals surface area (Å²) < 4.78 is 0. The van der Waals surface area contributed by atoms with Crippen molar-refractivity contribution in [2.45, 2.75) is 214 Å². The molecule has 1 amide bonds. The smallest absolute Gasteiger partial charge is 0.240 e. The second-order valence-corrected chi connectivity index (χ2v) is 15.6. The first-order valence-electron chi connectivity index (χ1n) is 22.2. The van der Waals surface area contributed by atoms with Gasteiger partial charge < -0.3 is 20.0 Å². The molecule has 1 fully saturated rings. The van der Waals surface area contributed by atoms with Gasteiger partial charge in [-0.15, -0.1) is 0 Å². The Kier molecular flexibility index (Phi) is 31.9. The van der Waals surface area contributed by atoms with Crippen molar-refractivity contribution in [1.29, 1.82) is 0 Å². The summed E-state index contributed by atoms with van der Waals surface area (Å²) in [6.07, 6.45) is 35.6. The summed E-state index contributed by atoms with van der Waals surface area (Å²) in [5.41, 5.74) is 1.19. The Hall–Kier alpha value is -1.07. The average Bonchev–Trinajstić information content (AvgIpc) is 3.63. The fourth-order valence-electron chi connectivity index (χ4n) is 7.51. The van der Waals surface area contributed by atoms with Crippen molar-refractivity contribution >= 4 is 5.91 Å². The normalized spacial score (nSPS) is 14.0. The zero-order valence-corrected chi connectivity index (χ0v) is 34.0. The highest BCUT2D eigenvalue weighted by atomic mass is 16.2. The first-order chi connectivity index (χ1) is 24.1. The van der Waals surface area contributed by atoms with Crippen molar-refractivity contribution in [3.63, 3.8) is 0 Å². The van der Waals surface area contributed by atoms with Crippen LogP contribution in [0.3, 0.4) is 0 Å². The molecule has 0 aromatic carbocycles. The zero-order valence-electron chi connectivity index (χ0n) is 34.0. The third kappa shape index (κ3) is 25.5. The van der Waals surface area contributed by atoms with Gasteiger partial charge in [0.15, 0.2) is 0 Å². The molecule has 0 radical (unpaired) electrons. The monoisotopic (exact) mass is 689 g/mol. The van der Waals surface area contributed by atoms with E-state index in [1.54, 1.807) is 0 Å². The molecular weight excluding hydrogens is 601 g/mol. The van der Waals surface area contributed by atoms with Crippen LogP contribution in [-0.4, -0.2) is 79.0 Å². The zero-order chi connectivity index (χ0) is 35.6. The first kappa shape index (κ1) is 46.0. The average molecular weight is 689 g/mol. The number of amides is 1. The molecule has 1 N–H and O–H groups in total. The molecule has 1 rings (SSSR count). The van der Waals surface area contributed by atoms with Crippen LogP contribution in [-0.2, 0) is 4.79 Å². The van der Waals surface area contributed by atoms with Crippen LogP contribution in [0.1, 0.15) is 207 Å². The largest absolute Gasteiger partial charge is 0.375 e. The highest BCUT2D eigenvalue weighted by Crippen LogP contribution is 2.18. The van der Waals surface area contributed by atoms with Crippen molar-refractivity contribution < 1.29 is 4.79 Å². The molecule has 1 saturated heterocycles. The molecule has 0 bridgehead atoms. The van der Waals surface area contributed by atoms with Crippen LogP contribution in [0, 0.1) is 0 Å². The molecule has 0 saturated carbocycles. The Bertz CT molecular complexity index is 704. The summed E-state index contributed by atoms with van der Waals surface area (Å²) in [7, 11) is 0. The van der Waals surface area contributed by atoms with Gasteiger partial charge in [-0.25, -0.2) is 0 Å². The van der Waals surface area contributed by atoms with E-state index < -0.39 is 0 Å². The Balaban J connectivity index is 2.96. The lowest BCUT2D eigenvalue weighted by Gasteiger charge is -2.32. The molecule has 5 nitrogen and oxygen atoms in total. The van der Waals surface area contributed by atoms with Gasteiger partial charge in [0.2, 0.25) is 5.91 Å². The lowest BCUT2D eigenvalue weighted by Crippen LogP contribution is -2.48. The van der Waals surface area contributed by atoms with Crippen LogP contribution in [0.4, 0.5) is 0 Å². The number of carbonyl (C=O) groups is 1. The standard InChI is InChI=1S/C44H88N4O/c1-6-10-14-18-22-26-37-47(38-27-23-19-15-11-7-2)42(5)41-43(45-33-32-36-46-34-30-31-35-46)44(49)48(39-28-24-20-16-12-8-3)40-29-25-21-17-13-9-4/h43,45H,5-41H2,1-4H3. The minimum Gasteiger partial charge on any atom is -0.375 e. The molecule has 1 aliphatic heterocycles. The van der Waals surface area contributed by atoms with Crippen molar-refractivity contribution in [3.05, 3.63) is 12.3 Å². The number of likely N-dealkylation sites (tertiary alicyclic amines) is 1. The predicted molar refractivity (Wildman–Crippen MR) is 217 cm³/mol. The maximum atomic E-state index is 14.5. The number of nitrogens with one attached hydrogen (secondary N) is 1. The molecule has 0 spiro atoms. The first-order valence-corrected chi connectivity index (χ1v) is 22.2. The van der Waals surface area contributed by atoms with E-state index in [1.165, 1.54) is 173 Å². The molecule has 0 aromatic rings. The molecule has 1 aliphatic rings. The fourth-order valence-corrected chi connectivity index (χ4v) is 7.51. The maximum Gasteiger partial charge on any atom is 0.240 e. The van der Waals surface area contributed by atoms with Gasteiger partial charge in [0.05, 0.1) is 6.04 Å². The highest BCUT2D eigenvalue weighted by molar-refractivity contribution is 5.82. The quantitative estimate of drug-likeness (QED) is 0.0659. The van der Waals surface area contributed by atoms with Gasteiger partial charge in [0.25, 0.3) is 0 Å². The topological polar surface area (TPSA) is 38.8 Å². The lowest BCUT2D eigenvalue weighted by molar-refractivity contribution is -0.133. The second kappa shape index (κ2) is 34.0. The van der Waals surface area contributed by atoms with E-state index in [9.17, 15) is 4.79 Å². The molecule has 0 aliphatic carbocycles. The Labute approximate surface area is 308 Å². The SMILES string of the molecule is C=C(CC(NCCCN1CCCC1)C(=O)N(CCCCCCCC)CCCCCCCC)N(CCCCCCCC)CCCCCCCC. The van der Waals surface area contributed by atoms with E-state index in [2.05, 4.69) is 47.7 Å². The fraction of sp³-hybridized carbons (Fsp3) is 0.932. The number of hydrogen-bond acceptors (Lipinski definition) is 4. The van der Waals surface area contributed by atoms with E-state index >= 15 is 0 Å². The molecule has 1 atom stereocenters. The number of hydrogen-bond donors (Lipinski definition) is 1. The number of carbonyl (C=O) groups excluding carboxylic acids is 1. The van der Waals surface area contributed by atoms with Crippen LogP contribution in [0.15, 0.2) is 12.3 Å². The summed E-state index contributed by atoms with van der Waals surface area (Å²) in [5.74, 6) is 0.337. The van der Waals surface area contributed by atoms with Crippen LogP contribution in [0.2, 0.25) is 0 Å². The second-order valence-electron chi connectivity index (χ2n) is 15.6. The van der Waals surface area contributed by atoms with Gasteiger partial charge in [0.1, 0.15) is 0 Å². The molecule has 0 aromatic heterocycles.